The Morgan fingerprint density at radius 3 is 2.48 bits per heavy atom. The number of fused-ring (bicyclic) bond motifs is 1. The van der Waals surface area contributed by atoms with Gasteiger partial charge >= 0.3 is 0 Å². The Hall–Kier alpha value is -1.96. The molecule has 2 aromatic carbocycles. The molecule has 2 aromatic rings. The van der Waals surface area contributed by atoms with Crippen LogP contribution in [0.15, 0.2) is 57.9 Å². The van der Waals surface area contributed by atoms with Gasteiger partial charge in [0.15, 0.2) is 4.32 Å². The van der Waals surface area contributed by atoms with Crippen molar-refractivity contribution in [3.8, 4) is 0 Å². The number of thioether (sulfide) groups is 1. The molecule has 2 aliphatic rings. The molecule has 25 heavy (non-hydrogen) atoms. The van der Waals surface area contributed by atoms with Crippen molar-refractivity contribution in [3.05, 3.63) is 63.5 Å². The minimum absolute atomic E-state index is 0.193. The third kappa shape index (κ3) is 2.54. The van der Waals surface area contributed by atoms with Gasteiger partial charge in [0.05, 0.1) is 21.9 Å². The Balaban J connectivity index is 1.88. The first-order chi connectivity index (χ1) is 12.0. The quantitative estimate of drug-likeness (QED) is 0.501. The van der Waals surface area contributed by atoms with Gasteiger partial charge in [0.2, 0.25) is 0 Å². The fourth-order valence-electron chi connectivity index (χ4n) is 2.93. The van der Waals surface area contributed by atoms with Crippen molar-refractivity contribution in [2.24, 2.45) is 0 Å². The Morgan fingerprint density at radius 1 is 1.04 bits per heavy atom. The highest BCUT2D eigenvalue weighted by Crippen LogP contribution is 2.45. The number of hydrogen-bond donors (Lipinski definition) is 0. The van der Waals surface area contributed by atoms with E-state index in [0.29, 0.717) is 20.5 Å². The summed E-state index contributed by atoms with van der Waals surface area (Å²) in [6.45, 7) is 0. The van der Waals surface area contributed by atoms with E-state index < -0.39 is 0 Å². The minimum Gasteiger partial charge on any atom is -0.311 e. The average molecular weight is 431 g/mol. The van der Waals surface area contributed by atoms with Crippen molar-refractivity contribution >= 4 is 73.0 Å². The molecular formula is C18H11BrN2O2S2. The highest BCUT2D eigenvalue weighted by atomic mass is 79.9. The number of halogens is 1. The van der Waals surface area contributed by atoms with E-state index in [1.807, 2.05) is 48.5 Å². The summed E-state index contributed by atoms with van der Waals surface area (Å²) in [6, 6.07) is 14.8. The molecule has 7 heteroatoms. The van der Waals surface area contributed by atoms with Crippen LogP contribution >= 0.6 is 39.9 Å². The third-order valence-electron chi connectivity index (χ3n) is 4.12. The summed E-state index contributed by atoms with van der Waals surface area (Å²) in [5.41, 5.74) is 2.65. The van der Waals surface area contributed by atoms with E-state index in [1.54, 1.807) is 11.9 Å². The predicted octanol–water partition coefficient (Wildman–Crippen LogP) is 4.20. The molecular weight excluding hydrogens is 420 g/mol. The normalized spacial score (nSPS) is 19.8. The molecule has 0 radical (unpaired) electrons. The zero-order valence-corrected chi connectivity index (χ0v) is 16.2. The molecule has 124 valence electrons. The minimum atomic E-state index is -0.259. The first-order valence-electron chi connectivity index (χ1n) is 7.42. The highest BCUT2D eigenvalue weighted by Gasteiger charge is 2.41. The van der Waals surface area contributed by atoms with Gasteiger partial charge in [-0.15, -0.1) is 0 Å². The van der Waals surface area contributed by atoms with Crippen LogP contribution < -0.4 is 9.80 Å². The van der Waals surface area contributed by atoms with Crippen LogP contribution in [0, 0.1) is 0 Å². The summed E-state index contributed by atoms with van der Waals surface area (Å²) >= 11 is 10.0. The molecule has 2 amide bonds. The van der Waals surface area contributed by atoms with Crippen LogP contribution in [-0.2, 0) is 9.59 Å². The van der Waals surface area contributed by atoms with Crippen LogP contribution in [0.5, 0.6) is 0 Å². The fourth-order valence-corrected chi connectivity index (χ4v) is 4.66. The molecule has 0 aromatic heterocycles. The van der Waals surface area contributed by atoms with Gasteiger partial charge < -0.3 is 4.90 Å². The lowest BCUT2D eigenvalue weighted by Crippen LogP contribution is -2.28. The Labute approximate surface area is 162 Å². The molecule has 4 nitrogen and oxygen atoms in total. The summed E-state index contributed by atoms with van der Waals surface area (Å²) in [5, 5.41) is 0. The summed E-state index contributed by atoms with van der Waals surface area (Å²) in [7, 11) is 1.71. The molecule has 0 atom stereocenters. The van der Waals surface area contributed by atoms with Gasteiger partial charge in [0.1, 0.15) is 0 Å². The number of carbonyl (C=O) groups excluding carboxylic acids is 2. The van der Waals surface area contributed by atoms with E-state index in [4.69, 9.17) is 12.2 Å². The van der Waals surface area contributed by atoms with Crippen molar-refractivity contribution in [1.82, 2.24) is 0 Å². The maximum Gasteiger partial charge on any atom is 0.271 e. The van der Waals surface area contributed by atoms with E-state index >= 15 is 0 Å². The zero-order valence-electron chi connectivity index (χ0n) is 13.0. The van der Waals surface area contributed by atoms with E-state index in [2.05, 4.69) is 15.9 Å². The van der Waals surface area contributed by atoms with E-state index in [9.17, 15) is 9.59 Å². The zero-order chi connectivity index (χ0) is 17.7. The van der Waals surface area contributed by atoms with Gasteiger partial charge in [-0.05, 0) is 30.3 Å². The number of hydrogen-bond acceptors (Lipinski definition) is 4. The summed E-state index contributed by atoms with van der Waals surface area (Å²) < 4.78 is 1.28. The lowest BCUT2D eigenvalue weighted by Gasteiger charge is -2.14. The van der Waals surface area contributed by atoms with Crippen molar-refractivity contribution in [1.29, 1.82) is 0 Å². The number of rotatable bonds is 1. The van der Waals surface area contributed by atoms with Gasteiger partial charge in [0.25, 0.3) is 11.8 Å². The molecule has 2 aliphatic heterocycles. The lowest BCUT2D eigenvalue weighted by molar-refractivity contribution is -0.115. The van der Waals surface area contributed by atoms with Crippen LogP contribution in [0.3, 0.4) is 0 Å². The van der Waals surface area contributed by atoms with Crippen LogP contribution in [0.2, 0.25) is 0 Å². The number of para-hydroxylation sites is 1. The Bertz CT molecular complexity index is 972. The molecule has 4 rings (SSSR count). The number of amides is 2. The summed E-state index contributed by atoms with van der Waals surface area (Å²) in [4.78, 5) is 29.2. The molecule has 0 N–H and O–H groups in total. The Kier molecular flexibility index (Phi) is 4.02. The molecule has 0 spiro atoms. The second-order valence-electron chi connectivity index (χ2n) is 5.57. The molecule has 0 bridgehead atoms. The average Bonchev–Trinajstić information content (AvgIpc) is 3.02. The number of benzene rings is 2. The third-order valence-corrected chi connectivity index (χ3v) is 5.98. The molecule has 0 saturated carbocycles. The van der Waals surface area contributed by atoms with Crippen LogP contribution in [0.25, 0.3) is 5.57 Å². The molecule has 1 fully saturated rings. The molecule has 2 heterocycles. The maximum atomic E-state index is 13.0. The Morgan fingerprint density at radius 2 is 1.76 bits per heavy atom. The fraction of sp³-hybridized carbons (Fsp3) is 0.0556. The van der Waals surface area contributed by atoms with Crippen molar-refractivity contribution in [2.45, 2.75) is 0 Å². The predicted molar refractivity (Wildman–Crippen MR) is 109 cm³/mol. The number of nitrogens with zero attached hydrogens (tertiary/aromatic N) is 2. The summed E-state index contributed by atoms with van der Waals surface area (Å²) in [6.07, 6.45) is 0. The topological polar surface area (TPSA) is 40.6 Å². The van der Waals surface area contributed by atoms with Crippen LogP contribution in [0.1, 0.15) is 5.56 Å². The summed E-state index contributed by atoms with van der Waals surface area (Å²) in [5.74, 6) is -0.451. The van der Waals surface area contributed by atoms with E-state index in [0.717, 1.165) is 15.7 Å². The monoisotopic (exact) mass is 430 g/mol. The van der Waals surface area contributed by atoms with Gasteiger partial charge in [-0.3, -0.25) is 14.5 Å². The first-order valence-corrected chi connectivity index (χ1v) is 9.44. The van der Waals surface area contributed by atoms with Crippen molar-refractivity contribution in [2.75, 3.05) is 16.8 Å². The van der Waals surface area contributed by atoms with Gasteiger partial charge in [-0.25, -0.2) is 0 Å². The van der Waals surface area contributed by atoms with E-state index in [-0.39, 0.29) is 11.8 Å². The van der Waals surface area contributed by atoms with E-state index in [1.165, 1.54) is 16.7 Å². The second kappa shape index (κ2) is 6.09. The second-order valence-corrected chi connectivity index (χ2v) is 8.13. The maximum absolute atomic E-state index is 13.0. The number of likely N-dealkylation sites (N-methyl/N-ethyl adjacent to an activating group) is 1. The number of carbonyl (C=O) groups is 2. The molecule has 0 aliphatic carbocycles. The SMILES string of the molecule is CN1C(=O)/C(=C2\SC(=S)N(c3ccccc3)C2=O)c2cc(Br)ccc21. The smallest absolute Gasteiger partial charge is 0.271 e. The first kappa shape index (κ1) is 16.5. The number of thiocarbonyl (C=S) groups is 1. The largest absolute Gasteiger partial charge is 0.311 e. The van der Waals surface area contributed by atoms with Crippen molar-refractivity contribution in [3.63, 3.8) is 0 Å². The van der Waals surface area contributed by atoms with Gasteiger partial charge in [0, 0.05) is 17.1 Å². The lowest BCUT2D eigenvalue weighted by atomic mass is 10.1. The van der Waals surface area contributed by atoms with Crippen LogP contribution in [-0.4, -0.2) is 23.2 Å². The highest BCUT2D eigenvalue weighted by molar-refractivity contribution is 9.10. The van der Waals surface area contributed by atoms with Crippen LogP contribution in [0.4, 0.5) is 11.4 Å². The van der Waals surface area contributed by atoms with Crippen molar-refractivity contribution < 1.29 is 9.59 Å². The van der Waals surface area contributed by atoms with Gasteiger partial charge in [-0.2, -0.15) is 0 Å². The van der Waals surface area contributed by atoms with Gasteiger partial charge in [-0.1, -0.05) is 58.1 Å². The standard InChI is InChI=1S/C18H11BrN2O2S2/c1-20-13-8-7-10(19)9-12(13)14(16(20)22)15-17(23)21(18(24)25-15)11-5-3-2-4-6-11/h2-9H,1H3/b15-14-. The number of anilines is 2. The molecule has 0 unspecified atom stereocenters. The molecule has 1 saturated heterocycles.